The first kappa shape index (κ1) is 16.7. The Labute approximate surface area is 145 Å². The van der Waals surface area contributed by atoms with E-state index in [2.05, 4.69) is 5.10 Å². The second-order valence-corrected chi connectivity index (χ2v) is 6.02. The van der Waals surface area contributed by atoms with Crippen LogP contribution in [0.15, 0.2) is 42.6 Å². The smallest absolute Gasteiger partial charge is 0.340 e. The van der Waals surface area contributed by atoms with E-state index in [4.69, 9.17) is 15.0 Å². The molecular weight excluding hydrogens is 316 g/mol. The van der Waals surface area contributed by atoms with Gasteiger partial charge in [0, 0.05) is 11.6 Å². The maximum atomic E-state index is 12.6. The first-order chi connectivity index (χ1) is 12.0. The van der Waals surface area contributed by atoms with Crippen LogP contribution in [-0.4, -0.2) is 26.8 Å². The minimum atomic E-state index is -0.823. The number of nitriles is 1. The molecule has 2 heterocycles. The van der Waals surface area contributed by atoms with E-state index >= 15 is 0 Å². The fourth-order valence-corrected chi connectivity index (χ4v) is 2.57. The van der Waals surface area contributed by atoms with E-state index in [1.165, 1.54) is 6.92 Å². The third kappa shape index (κ3) is 3.22. The maximum absolute atomic E-state index is 12.6. The fourth-order valence-electron chi connectivity index (χ4n) is 2.57. The molecule has 0 N–H and O–H groups in total. The lowest BCUT2D eigenvalue weighted by Gasteiger charge is -2.11. The van der Waals surface area contributed by atoms with Crippen LogP contribution in [-0.2, 0) is 4.74 Å². The summed E-state index contributed by atoms with van der Waals surface area (Å²) in [6.45, 7) is 5.53. The zero-order valence-corrected chi connectivity index (χ0v) is 14.3. The molecule has 6 nitrogen and oxygen atoms in total. The summed E-state index contributed by atoms with van der Waals surface area (Å²) >= 11 is 0. The van der Waals surface area contributed by atoms with Crippen LogP contribution < -0.4 is 0 Å². The van der Waals surface area contributed by atoms with Crippen LogP contribution in [0.25, 0.3) is 22.3 Å². The molecule has 0 aliphatic heterocycles. The molecule has 1 atom stereocenters. The van der Waals surface area contributed by atoms with Crippen molar-refractivity contribution in [3.63, 3.8) is 0 Å². The van der Waals surface area contributed by atoms with Crippen LogP contribution in [0.4, 0.5) is 0 Å². The molecule has 1 aromatic carbocycles. The van der Waals surface area contributed by atoms with E-state index in [9.17, 15) is 4.79 Å². The van der Waals surface area contributed by atoms with Crippen LogP contribution in [0, 0.1) is 11.3 Å². The fraction of sp³-hybridized carbons (Fsp3) is 0.263. The van der Waals surface area contributed by atoms with Gasteiger partial charge in [-0.2, -0.15) is 10.4 Å². The van der Waals surface area contributed by atoms with Gasteiger partial charge in [0.25, 0.3) is 0 Å². The minimum absolute atomic E-state index is 0.0953. The van der Waals surface area contributed by atoms with Gasteiger partial charge in [-0.25, -0.2) is 14.5 Å². The van der Waals surface area contributed by atoms with E-state index in [0.29, 0.717) is 22.3 Å². The second kappa shape index (κ2) is 6.73. The highest BCUT2D eigenvalue weighted by molar-refractivity contribution is 6.03. The standard InChI is InChI=1S/C19H18N4O2/c1-12(2)23-18-16(11-21-23)15(19(24)25-13(3)10-20)9-17(22-18)14-7-5-4-6-8-14/h4-9,11-13H,1-3H3. The monoisotopic (exact) mass is 334 g/mol. The topological polar surface area (TPSA) is 80.8 Å². The molecule has 0 saturated carbocycles. The lowest BCUT2D eigenvalue weighted by Crippen LogP contribution is -2.14. The number of hydrogen-bond acceptors (Lipinski definition) is 5. The molecule has 0 radical (unpaired) electrons. The summed E-state index contributed by atoms with van der Waals surface area (Å²) in [5, 5.41) is 13.9. The van der Waals surface area contributed by atoms with Crippen molar-refractivity contribution in [3.8, 4) is 17.3 Å². The predicted octanol–water partition coefficient (Wildman–Crippen LogP) is 3.75. The SMILES string of the molecule is CC(C#N)OC(=O)c1cc(-c2ccccc2)nc2c1cnn2C(C)C. The van der Waals surface area contributed by atoms with Crippen molar-refractivity contribution in [2.45, 2.75) is 32.9 Å². The summed E-state index contributed by atoms with van der Waals surface area (Å²) in [5.74, 6) is -0.554. The van der Waals surface area contributed by atoms with Crippen LogP contribution in [0.5, 0.6) is 0 Å². The van der Waals surface area contributed by atoms with Gasteiger partial charge in [-0.15, -0.1) is 0 Å². The van der Waals surface area contributed by atoms with Crippen molar-refractivity contribution in [2.75, 3.05) is 0 Å². The van der Waals surface area contributed by atoms with Crippen molar-refractivity contribution < 1.29 is 9.53 Å². The summed E-state index contributed by atoms with van der Waals surface area (Å²) in [6, 6.07) is 13.3. The number of hydrogen-bond donors (Lipinski definition) is 0. The normalized spacial score (nSPS) is 12.1. The van der Waals surface area contributed by atoms with Gasteiger partial charge >= 0.3 is 5.97 Å². The Morgan fingerprint density at radius 1 is 1.24 bits per heavy atom. The summed E-state index contributed by atoms with van der Waals surface area (Å²) < 4.78 is 6.96. The highest BCUT2D eigenvalue weighted by Gasteiger charge is 2.20. The summed E-state index contributed by atoms with van der Waals surface area (Å²) in [5.41, 5.74) is 2.53. The highest BCUT2D eigenvalue weighted by atomic mass is 16.5. The van der Waals surface area contributed by atoms with Crippen LogP contribution in [0.3, 0.4) is 0 Å². The van der Waals surface area contributed by atoms with Crippen LogP contribution in [0.1, 0.15) is 37.2 Å². The number of carbonyl (C=O) groups is 1. The number of ether oxygens (including phenoxy) is 1. The number of esters is 1. The van der Waals surface area contributed by atoms with Gasteiger partial charge in [-0.3, -0.25) is 0 Å². The average molecular weight is 334 g/mol. The third-order valence-corrected chi connectivity index (χ3v) is 3.81. The Morgan fingerprint density at radius 3 is 2.60 bits per heavy atom. The number of nitrogens with zero attached hydrogens (tertiary/aromatic N) is 4. The van der Waals surface area contributed by atoms with Gasteiger partial charge in [-0.1, -0.05) is 30.3 Å². The molecule has 0 saturated heterocycles. The molecule has 0 aliphatic rings. The summed E-state index contributed by atoms with van der Waals surface area (Å²) in [6.07, 6.45) is 0.793. The largest absolute Gasteiger partial charge is 0.444 e. The van der Waals surface area contributed by atoms with Crippen molar-refractivity contribution in [2.24, 2.45) is 0 Å². The van der Waals surface area contributed by atoms with Crippen molar-refractivity contribution in [3.05, 3.63) is 48.2 Å². The number of fused-ring (bicyclic) bond motifs is 1. The Morgan fingerprint density at radius 2 is 1.96 bits per heavy atom. The zero-order valence-electron chi connectivity index (χ0n) is 14.3. The zero-order chi connectivity index (χ0) is 18.0. The Balaban J connectivity index is 2.21. The molecule has 3 aromatic rings. The van der Waals surface area contributed by atoms with Gasteiger partial charge in [-0.05, 0) is 26.8 Å². The molecule has 1 unspecified atom stereocenters. The summed E-state index contributed by atoms with van der Waals surface area (Å²) in [7, 11) is 0. The lowest BCUT2D eigenvalue weighted by atomic mass is 10.1. The molecule has 126 valence electrons. The van der Waals surface area contributed by atoms with Gasteiger partial charge < -0.3 is 4.74 Å². The quantitative estimate of drug-likeness (QED) is 0.679. The first-order valence-electron chi connectivity index (χ1n) is 8.05. The number of aromatic nitrogens is 3. The summed E-state index contributed by atoms with van der Waals surface area (Å²) in [4.78, 5) is 17.2. The Hall–Kier alpha value is -3.20. The number of benzene rings is 1. The van der Waals surface area contributed by atoms with Crippen molar-refractivity contribution >= 4 is 17.0 Å². The molecular formula is C19H18N4O2. The molecule has 0 spiro atoms. The number of carbonyl (C=O) groups excluding carboxylic acids is 1. The number of pyridine rings is 1. The molecule has 2 aromatic heterocycles. The molecule has 0 aliphatic carbocycles. The average Bonchev–Trinajstić information content (AvgIpc) is 3.05. The first-order valence-corrected chi connectivity index (χ1v) is 8.05. The van der Waals surface area contributed by atoms with E-state index in [-0.39, 0.29) is 6.04 Å². The van der Waals surface area contributed by atoms with Crippen molar-refractivity contribution in [1.82, 2.24) is 14.8 Å². The Kier molecular flexibility index (Phi) is 4.48. The number of rotatable bonds is 4. The van der Waals surface area contributed by atoms with Crippen LogP contribution >= 0.6 is 0 Å². The van der Waals surface area contributed by atoms with E-state index in [1.54, 1.807) is 16.9 Å². The molecule has 6 heteroatoms. The Bertz CT molecular complexity index is 955. The maximum Gasteiger partial charge on any atom is 0.340 e. The van der Waals surface area contributed by atoms with Gasteiger partial charge in [0.15, 0.2) is 11.8 Å². The van der Waals surface area contributed by atoms with E-state index < -0.39 is 12.1 Å². The third-order valence-electron chi connectivity index (χ3n) is 3.81. The van der Waals surface area contributed by atoms with E-state index in [1.807, 2.05) is 50.2 Å². The minimum Gasteiger partial charge on any atom is -0.444 e. The molecule has 0 amide bonds. The van der Waals surface area contributed by atoms with Gasteiger partial charge in [0.1, 0.15) is 6.07 Å². The molecule has 0 bridgehead atoms. The highest BCUT2D eigenvalue weighted by Crippen LogP contribution is 2.27. The van der Waals surface area contributed by atoms with Gasteiger partial charge in [0.2, 0.25) is 0 Å². The second-order valence-electron chi connectivity index (χ2n) is 6.02. The lowest BCUT2D eigenvalue weighted by molar-refractivity contribution is 0.0438. The predicted molar refractivity (Wildman–Crippen MR) is 93.8 cm³/mol. The molecule has 3 rings (SSSR count). The van der Waals surface area contributed by atoms with Gasteiger partial charge in [0.05, 0.1) is 22.8 Å². The molecule has 25 heavy (non-hydrogen) atoms. The van der Waals surface area contributed by atoms with Crippen molar-refractivity contribution in [1.29, 1.82) is 5.26 Å². The van der Waals surface area contributed by atoms with Crippen LogP contribution in [0.2, 0.25) is 0 Å². The molecule has 0 fully saturated rings. The van der Waals surface area contributed by atoms with E-state index in [0.717, 1.165) is 5.56 Å².